The Kier molecular flexibility index (Phi) is 5.06. The summed E-state index contributed by atoms with van der Waals surface area (Å²) < 4.78 is 0. The fourth-order valence-corrected chi connectivity index (χ4v) is 3.44. The zero-order chi connectivity index (χ0) is 20.4. The maximum atomic E-state index is 11.9. The number of aliphatic hydroxyl groups is 1. The molecule has 1 amide bonds. The normalized spacial score (nSPS) is 11.0. The van der Waals surface area contributed by atoms with Gasteiger partial charge in [0.05, 0.1) is 17.8 Å². The van der Waals surface area contributed by atoms with E-state index >= 15 is 0 Å². The number of aliphatic hydroxyl groups excluding tert-OH is 1. The second kappa shape index (κ2) is 7.81. The van der Waals surface area contributed by atoms with Crippen molar-refractivity contribution in [1.82, 2.24) is 9.97 Å². The first kappa shape index (κ1) is 18.8. The topological polar surface area (TPSA) is 89.1 Å². The summed E-state index contributed by atoms with van der Waals surface area (Å²) in [5, 5.41) is 10.3. The Morgan fingerprint density at radius 1 is 1.00 bits per heavy atom. The van der Waals surface area contributed by atoms with Crippen LogP contribution in [0.4, 0.5) is 0 Å². The van der Waals surface area contributed by atoms with E-state index in [1.165, 1.54) is 5.56 Å². The summed E-state index contributed by atoms with van der Waals surface area (Å²) >= 11 is 0. The van der Waals surface area contributed by atoms with E-state index in [9.17, 15) is 9.90 Å². The Morgan fingerprint density at radius 2 is 1.76 bits per heavy atom. The molecule has 5 heteroatoms. The van der Waals surface area contributed by atoms with E-state index in [4.69, 9.17) is 5.73 Å². The van der Waals surface area contributed by atoms with Gasteiger partial charge in [0, 0.05) is 11.6 Å². The Bertz CT molecular complexity index is 1200. The minimum Gasteiger partial charge on any atom is -0.390 e. The molecule has 0 saturated heterocycles. The summed E-state index contributed by atoms with van der Waals surface area (Å²) in [6.45, 7) is 1.95. The first-order valence-corrected chi connectivity index (χ1v) is 9.38. The van der Waals surface area contributed by atoms with Gasteiger partial charge in [0.25, 0.3) is 5.91 Å². The molecule has 144 valence electrons. The molecule has 0 aliphatic heterocycles. The lowest BCUT2D eigenvalue weighted by atomic mass is 9.96. The van der Waals surface area contributed by atoms with E-state index < -0.39 is 5.91 Å². The van der Waals surface area contributed by atoms with Crippen LogP contribution in [-0.2, 0) is 13.0 Å². The fourth-order valence-electron chi connectivity index (χ4n) is 3.44. The number of primary amides is 1. The van der Waals surface area contributed by atoms with Gasteiger partial charge in [-0.3, -0.25) is 9.78 Å². The molecular formula is C24H21N3O2. The second-order valence-corrected chi connectivity index (χ2v) is 7.13. The van der Waals surface area contributed by atoms with E-state index in [-0.39, 0.29) is 12.3 Å². The minimum atomic E-state index is -0.549. The number of carbonyl (C=O) groups excluding carboxylic acids is 1. The van der Waals surface area contributed by atoms with Gasteiger partial charge in [-0.2, -0.15) is 0 Å². The fraction of sp³-hybridized carbons (Fsp3) is 0.125. The maximum Gasteiger partial charge on any atom is 0.267 e. The van der Waals surface area contributed by atoms with Gasteiger partial charge in [-0.15, -0.1) is 0 Å². The van der Waals surface area contributed by atoms with Crippen molar-refractivity contribution in [1.29, 1.82) is 0 Å². The third-order valence-electron chi connectivity index (χ3n) is 4.94. The average Bonchev–Trinajstić information content (AvgIpc) is 2.73. The SMILES string of the molecule is Cc1ccc(-c2cc(C(N)=O)nc3cc(Cc4ccnc(CO)c4)ccc23)cc1. The molecule has 0 spiro atoms. The Hall–Kier alpha value is -3.57. The third-order valence-corrected chi connectivity index (χ3v) is 4.94. The minimum absolute atomic E-state index is 0.0883. The number of hydrogen-bond acceptors (Lipinski definition) is 4. The molecule has 4 rings (SSSR count). The van der Waals surface area contributed by atoms with E-state index in [0.717, 1.165) is 33.2 Å². The third kappa shape index (κ3) is 4.00. The Labute approximate surface area is 168 Å². The molecule has 2 aromatic carbocycles. The number of aromatic nitrogens is 2. The highest BCUT2D eigenvalue weighted by Gasteiger charge is 2.12. The molecule has 0 aliphatic rings. The number of amides is 1. The van der Waals surface area contributed by atoms with Gasteiger partial charge in [-0.05, 0) is 59.9 Å². The highest BCUT2D eigenvalue weighted by atomic mass is 16.3. The van der Waals surface area contributed by atoms with Crippen molar-refractivity contribution in [3.05, 3.63) is 94.9 Å². The maximum absolute atomic E-state index is 11.9. The van der Waals surface area contributed by atoms with E-state index in [2.05, 4.69) is 16.0 Å². The quantitative estimate of drug-likeness (QED) is 0.549. The number of rotatable bonds is 5. The largest absolute Gasteiger partial charge is 0.390 e. The molecule has 2 aromatic heterocycles. The van der Waals surface area contributed by atoms with Crippen LogP contribution in [0, 0.1) is 6.92 Å². The Balaban J connectivity index is 1.81. The van der Waals surface area contributed by atoms with Gasteiger partial charge in [0.15, 0.2) is 0 Å². The van der Waals surface area contributed by atoms with Gasteiger partial charge >= 0.3 is 0 Å². The lowest BCUT2D eigenvalue weighted by Gasteiger charge is -2.11. The predicted molar refractivity (Wildman–Crippen MR) is 113 cm³/mol. The van der Waals surface area contributed by atoms with Crippen LogP contribution < -0.4 is 5.73 Å². The number of hydrogen-bond donors (Lipinski definition) is 2. The van der Waals surface area contributed by atoms with Crippen LogP contribution in [0.3, 0.4) is 0 Å². The highest BCUT2D eigenvalue weighted by molar-refractivity contribution is 6.01. The molecule has 0 unspecified atom stereocenters. The van der Waals surface area contributed by atoms with E-state index in [0.29, 0.717) is 12.1 Å². The van der Waals surface area contributed by atoms with Crippen molar-refractivity contribution in [2.45, 2.75) is 20.0 Å². The number of nitrogens with two attached hydrogens (primary N) is 1. The van der Waals surface area contributed by atoms with Gasteiger partial charge < -0.3 is 10.8 Å². The summed E-state index contributed by atoms with van der Waals surface area (Å²) in [6.07, 6.45) is 2.37. The molecule has 0 saturated carbocycles. The lowest BCUT2D eigenvalue weighted by Crippen LogP contribution is -2.13. The van der Waals surface area contributed by atoms with Crippen LogP contribution in [0.5, 0.6) is 0 Å². The van der Waals surface area contributed by atoms with Crippen LogP contribution in [0.2, 0.25) is 0 Å². The van der Waals surface area contributed by atoms with Crippen LogP contribution in [0.15, 0.2) is 66.9 Å². The highest BCUT2D eigenvalue weighted by Crippen LogP contribution is 2.30. The van der Waals surface area contributed by atoms with Gasteiger partial charge in [-0.25, -0.2) is 4.98 Å². The van der Waals surface area contributed by atoms with Gasteiger partial charge in [-0.1, -0.05) is 42.0 Å². The number of fused-ring (bicyclic) bond motifs is 1. The molecule has 29 heavy (non-hydrogen) atoms. The average molecular weight is 383 g/mol. The van der Waals surface area contributed by atoms with Crippen molar-refractivity contribution in [2.75, 3.05) is 0 Å². The van der Waals surface area contributed by atoms with Crippen LogP contribution in [0.25, 0.3) is 22.0 Å². The first-order valence-electron chi connectivity index (χ1n) is 9.38. The molecule has 3 N–H and O–H groups in total. The summed E-state index contributed by atoms with van der Waals surface area (Å²) in [6, 6.07) is 19.8. The monoisotopic (exact) mass is 383 g/mol. The van der Waals surface area contributed by atoms with Crippen molar-refractivity contribution in [3.8, 4) is 11.1 Å². The molecule has 0 fully saturated rings. The van der Waals surface area contributed by atoms with Crippen LogP contribution in [-0.4, -0.2) is 21.0 Å². The zero-order valence-electron chi connectivity index (χ0n) is 16.1. The number of pyridine rings is 2. The zero-order valence-corrected chi connectivity index (χ0v) is 16.1. The molecular weight excluding hydrogens is 362 g/mol. The number of aryl methyl sites for hydroxylation is 1. The lowest BCUT2D eigenvalue weighted by molar-refractivity contribution is 0.0996. The summed E-state index contributed by atoms with van der Waals surface area (Å²) in [5.41, 5.74) is 12.4. The van der Waals surface area contributed by atoms with Gasteiger partial charge in [0.2, 0.25) is 0 Å². The van der Waals surface area contributed by atoms with Gasteiger partial charge in [0.1, 0.15) is 5.69 Å². The van der Waals surface area contributed by atoms with Crippen LogP contribution >= 0.6 is 0 Å². The van der Waals surface area contributed by atoms with E-state index in [1.807, 2.05) is 55.5 Å². The molecule has 0 aliphatic carbocycles. The molecule has 0 atom stereocenters. The van der Waals surface area contributed by atoms with Crippen molar-refractivity contribution < 1.29 is 9.90 Å². The standard InChI is InChI=1S/C24H21N3O2/c1-15-2-5-18(6-3-15)21-13-23(24(25)29)27-22-12-16(4-7-20(21)22)10-17-8-9-26-19(11-17)14-28/h2-9,11-13,28H,10,14H2,1H3,(H2,25,29). The number of benzene rings is 2. The smallest absolute Gasteiger partial charge is 0.267 e. The molecule has 2 heterocycles. The second-order valence-electron chi connectivity index (χ2n) is 7.13. The van der Waals surface area contributed by atoms with Crippen LogP contribution in [0.1, 0.15) is 32.9 Å². The summed E-state index contributed by atoms with van der Waals surface area (Å²) in [4.78, 5) is 20.5. The molecule has 0 bridgehead atoms. The molecule has 4 aromatic rings. The predicted octanol–water partition coefficient (Wildman–Crippen LogP) is 3.79. The Morgan fingerprint density at radius 3 is 2.48 bits per heavy atom. The number of nitrogens with zero attached hydrogens (tertiary/aromatic N) is 2. The summed E-state index contributed by atoms with van der Waals surface area (Å²) in [7, 11) is 0. The van der Waals surface area contributed by atoms with Crippen molar-refractivity contribution in [3.63, 3.8) is 0 Å². The molecule has 0 radical (unpaired) electrons. The van der Waals surface area contributed by atoms with Crippen molar-refractivity contribution >= 4 is 16.8 Å². The number of carbonyl (C=O) groups is 1. The van der Waals surface area contributed by atoms with E-state index in [1.54, 1.807) is 12.3 Å². The van der Waals surface area contributed by atoms with Crippen molar-refractivity contribution in [2.24, 2.45) is 5.73 Å². The summed E-state index contributed by atoms with van der Waals surface area (Å²) in [5.74, 6) is -0.549. The first-order chi connectivity index (χ1) is 14.0. The molecule has 5 nitrogen and oxygen atoms in total.